The van der Waals surface area contributed by atoms with E-state index in [0.717, 1.165) is 17.7 Å². The van der Waals surface area contributed by atoms with Gasteiger partial charge in [0.05, 0.1) is 13.0 Å². The van der Waals surface area contributed by atoms with Gasteiger partial charge in [0.2, 0.25) is 5.91 Å². The van der Waals surface area contributed by atoms with E-state index in [-0.39, 0.29) is 24.4 Å². The van der Waals surface area contributed by atoms with Crippen LogP contribution in [0.4, 0.5) is 16.2 Å². The molecule has 7 nitrogen and oxygen atoms in total. The van der Waals surface area contributed by atoms with Gasteiger partial charge in [-0.1, -0.05) is 6.92 Å². The molecule has 1 aromatic carbocycles. The average Bonchev–Trinajstić information content (AvgIpc) is 3.12. The molecule has 1 saturated heterocycles. The van der Waals surface area contributed by atoms with Crippen molar-refractivity contribution in [3.05, 3.63) is 23.8 Å². The number of anilines is 2. The third-order valence-electron chi connectivity index (χ3n) is 4.63. The molecule has 3 rings (SSSR count). The third kappa shape index (κ3) is 2.60. The van der Waals surface area contributed by atoms with Gasteiger partial charge < -0.3 is 15.0 Å². The third-order valence-corrected chi connectivity index (χ3v) is 4.63. The van der Waals surface area contributed by atoms with Crippen molar-refractivity contribution in [2.45, 2.75) is 38.8 Å². The van der Waals surface area contributed by atoms with Gasteiger partial charge in [-0.25, -0.2) is 4.79 Å². The summed E-state index contributed by atoms with van der Waals surface area (Å²) >= 11 is 0. The van der Waals surface area contributed by atoms with Gasteiger partial charge in [0.15, 0.2) is 6.10 Å². The molecule has 0 aromatic heterocycles. The summed E-state index contributed by atoms with van der Waals surface area (Å²) in [5.41, 5.74) is 2.44. The second-order valence-corrected chi connectivity index (χ2v) is 6.11. The zero-order valence-electron chi connectivity index (χ0n) is 14.0. The highest BCUT2D eigenvalue weighted by Crippen LogP contribution is 2.35. The predicted molar refractivity (Wildman–Crippen MR) is 89.1 cm³/mol. The summed E-state index contributed by atoms with van der Waals surface area (Å²) in [6.45, 7) is 4.23. The minimum absolute atomic E-state index is 0.0729. The number of carbonyl (C=O) groups is 3. The first-order valence-corrected chi connectivity index (χ1v) is 8.11. The lowest BCUT2D eigenvalue weighted by Gasteiger charge is -2.24. The molecule has 2 aliphatic rings. The quantitative estimate of drug-likeness (QED) is 0.905. The topological polar surface area (TPSA) is 79.0 Å². The van der Waals surface area contributed by atoms with Crippen LogP contribution in [0, 0.1) is 0 Å². The largest absolute Gasteiger partial charge is 0.434 e. The molecule has 1 fully saturated rings. The molecular weight excluding hydrogens is 310 g/mol. The molecule has 1 N–H and O–H groups in total. The molecule has 3 amide bonds. The molecular formula is C17H21N3O4. The number of nitrogens with one attached hydrogen (secondary N) is 1. The van der Waals surface area contributed by atoms with Crippen LogP contribution in [-0.4, -0.2) is 43.6 Å². The number of carbonyl (C=O) groups excluding carboxylic acids is 3. The van der Waals surface area contributed by atoms with Crippen molar-refractivity contribution < 1.29 is 19.1 Å². The van der Waals surface area contributed by atoms with Crippen LogP contribution >= 0.6 is 0 Å². The average molecular weight is 331 g/mol. The first-order valence-electron chi connectivity index (χ1n) is 8.11. The summed E-state index contributed by atoms with van der Waals surface area (Å²) in [6, 6.07) is 5.63. The lowest BCUT2D eigenvalue weighted by atomic mass is 10.1. The molecule has 1 aromatic rings. The number of cyclic esters (lactones) is 1. The molecule has 2 aliphatic heterocycles. The van der Waals surface area contributed by atoms with Gasteiger partial charge in [-0.15, -0.1) is 0 Å². The van der Waals surface area contributed by atoms with Crippen LogP contribution in [0.1, 0.15) is 25.8 Å². The van der Waals surface area contributed by atoms with Gasteiger partial charge in [0.25, 0.3) is 5.91 Å². The first kappa shape index (κ1) is 16.3. The number of fused-ring (bicyclic) bond motifs is 1. The number of benzene rings is 1. The summed E-state index contributed by atoms with van der Waals surface area (Å²) in [5, 5.41) is 2.48. The minimum atomic E-state index is -0.811. The van der Waals surface area contributed by atoms with Crippen LogP contribution in [-0.2, 0) is 20.7 Å². The molecule has 128 valence electrons. The van der Waals surface area contributed by atoms with E-state index in [0.29, 0.717) is 12.1 Å². The summed E-state index contributed by atoms with van der Waals surface area (Å²) < 4.78 is 5.10. The summed E-state index contributed by atoms with van der Waals surface area (Å²) in [6.07, 6.45) is -0.158. The Bertz CT molecular complexity index is 703. The Hall–Kier alpha value is -2.57. The maximum absolute atomic E-state index is 12.3. The van der Waals surface area contributed by atoms with Crippen molar-refractivity contribution in [2.75, 3.05) is 23.4 Å². The highest BCUT2D eigenvalue weighted by Gasteiger charge is 2.37. The fraction of sp³-hybridized carbons (Fsp3) is 0.471. The van der Waals surface area contributed by atoms with Crippen LogP contribution < -0.4 is 15.1 Å². The van der Waals surface area contributed by atoms with E-state index in [4.69, 9.17) is 4.74 Å². The van der Waals surface area contributed by atoms with Crippen LogP contribution in [0.25, 0.3) is 0 Å². The van der Waals surface area contributed by atoms with Crippen LogP contribution in [0.15, 0.2) is 18.2 Å². The molecule has 0 aliphatic carbocycles. The Balaban J connectivity index is 1.86. The molecule has 7 heteroatoms. The standard InChI is InChI=1S/C17H21N3O4/c1-4-10(2)20-13-6-5-12(7-11(13)8-15(20)21)19-9-14(16(22)18-3)24-17(19)23/h5-7,10,14H,4,8-9H2,1-3H3,(H,18,22)/t10?,14-/m1/s1. The fourth-order valence-corrected chi connectivity index (χ4v) is 3.14. The number of amides is 3. The molecule has 2 heterocycles. The van der Waals surface area contributed by atoms with E-state index >= 15 is 0 Å². The van der Waals surface area contributed by atoms with Crippen molar-refractivity contribution in [1.29, 1.82) is 0 Å². The van der Waals surface area contributed by atoms with Gasteiger partial charge in [-0.05, 0) is 37.1 Å². The number of nitrogens with zero attached hydrogens (tertiary/aromatic N) is 2. The Morgan fingerprint density at radius 1 is 1.42 bits per heavy atom. The fourth-order valence-electron chi connectivity index (χ4n) is 3.14. The zero-order chi connectivity index (χ0) is 17.4. The summed E-state index contributed by atoms with van der Waals surface area (Å²) in [4.78, 5) is 39.2. The maximum Gasteiger partial charge on any atom is 0.415 e. The van der Waals surface area contributed by atoms with E-state index in [1.54, 1.807) is 6.07 Å². The van der Waals surface area contributed by atoms with Gasteiger partial charge in [0.1, 0.15) is 0 Å². The van der Waals surface area contributed by atoms with Crippen molar-refractivity contribution >= 4 is 29.3 Å². The SMILES string of the molecule is CCC(C)N1C(=O)Cc2cc(N3C[C@H](C(=O)NC)OC3=O)ccc21. The molecule has 0 radical (unpaired) electrons. The second kappa shape index (κ2) is 6.14. The number of rotatable bonds is 4. The normalized spacial score (nSPS) is 20.9. The summed E-state index contributed by atoms with van der Waals surface area (Å²) in [5.74, 6) is -0.256. The Morgan fingerprint density at radius 3 is 2.83 bits per heavy atom. The first-order chi connectivity index (χ1) is 11.5. The molecule has 0 spiro atoms. The van der Waals surface area contributed by atoms with E-state index in [1.165, 1.54) is 11.9 Å². The minimum Gasteiger partial charge on any atom is -0.434 e. The monoisotopic (exact) mass is 331 g/mol. The van der Waals surface area contributed by atoms with E-state index in [2.05, 4.69) is 5.32 Å². The zero-order valence-corrected chi connectivity index (χ0v) is 14.0. The van der Waals surface area contributed by atoms with Gasteiger partial charge in [-0.2, -0.15) is 0 Å². The van der Waals surface area contributed by atoms with Crippen LogP contribution in [0.3, 0.4) is 0 Å². The van der Waals surface area contributed by atoms with E-state index < -0.39 is 12.2 Å². The smallest absolute Gasteiger partial charge is 0.415 e. The molecule has 2 atom stereocenters. The maximum atomic E-state index is 12.3. The lowest BCUT2D eigenvalue weighted by molar-refractivity contribution is -0.127. The Kier molecular flexibility index (Phi) is 4.17. The molecule has 1 unspecified atom stereocenters. The van der Waals surface area contributed by atoms with Crippen molar-refractivity contribution in [3.63, 3.8) is 0 Å². The Morgan fingerprint density at radius 2 is 2.17 bits per heavy atom. The van der Waals surface area contributed by atoms with Gasteiger partial charge in [0, 0.05) is 24.5 Å². The van der Waals surface area contributed by atoms with Crippen LogP contribution in [0.2, 0.25) is 0 Å². The highest BCUT2D eigenvalue weighted by atomic mass is 16.6. The Labute approximate surface area is 140 Å². The lowest BCUT2D eigenvalue weighted by Crippen LogP contribution is -2.35. The highest BCUT2D eigenvalue weighted by molar-refractivity contribution is 6.03. The molecule has 0 saturated carbocycles. The van der Waals surface area contributed by atoms with Crippen molar-refractivity contribution in [3.8, 4) is 0 Å². The van der Waals surface area contributed by atoms with Gasteiger partial charge >= 0.3 is 6.09 Å². The van der Waals surface area contributed by atoms with Crippen molar-refractivity contribution in [2.24, 2.45) is 0 Å². The molecule has 24 heavy (non-hydrogen) atoms. The molecule has 0 bridgehead atoms. The predicted octanol–water partition coefficient (Wildman–Crippen LogP) is 1.45. The number of ether oxygens (including phenoxy) is 1. The van der Waals surface area contributed by atoms with E-state index in [1.807, 2.05) is 30.9 Å². The van der Waals surface area contributed by atoms with Crippen LogP contribution in [0.5, 0.6) is 0 Å². The second-order valence-electron chi connectivity index (χ2n) is 6.11. The van der Waals surface area contributed by atoms with Crippen molar-refractivity contribution in [1.82, 2.24) is 5.32 Å². The van der Waals surface area contributed by atoms with Gasteiger partial charge in [-0.3, -0.25) is 14.5 Å². The number of hydrogen-bond acceptors (Lipinski definition) is 4. The number of likely N-dealkylation sites (N-methyl/N-ethyl adjacent to an activating group) is 1. The number of hydrogen-bond donors (Lipinski definition) is 1. The van der Waals surface area contributed by atoms with E-state index in [9.17, 15) is 14.4 Å². The summed E-state index contributed by atoms with van der Waals surface area (Å²) in [7, 11) is 1.50.